The first-order chi connectivity index (χ1) is 16.0. The van der Waals surface area contributed by atoms with Crippen LogP contribution in [0, 0.1) is 11.8 Å². The fourth-order valence-electron chi connectivity index (χ4n) is 3.91. The van der Waals surface area contributed by atoms with Crippen molar-refractivity contribution < 1.29 is 27.6 Å². The lowest BCUT2D eigenvalue weighted by molar-refractivity contribution is -0.144. The molecule has 2 aliphatic heterocycles. The Labute approximate surface area is 201 Å². The zero-order valence-corrected chi connectivity index (χ0v) is 18.7. The normalized spacial score (nSPS) is 24.5. The van der Waals surface area contributed by atoms with Gasteiger partial charge in [0.2, 0.25) is 17.7 Å². The van der Waals surface area contributed by atoms with Crippen molar-refractivity contribution >= 4 is 52.3 Å². The molecule has 0 spiro atoms. The van der Waals surface area contributed by atoms with E-state index in [9.17, 15) is 27.6 Å². The molecule has 2 heterocycles. The molecular formula is C21H18Cl2F3N5O3. The average molecular weight is 516 g/mol. The van der Waals surface area contributed by atoms with Crippen molar-refractivity contribution in [3.05, 3.63) is 58.1 Å². The van der Waals surface area contributed by atoms with Crippen LogP contribution in [0.5, 0.6) is 0 Å². The summed E-state index contributed by atoms with van der Waals surface area (Å²) >= 11 is 11.8. The van der Waals surface area contributed by atoms with Crippen LogP contribution in [-0.2, 0) is 20.6 Å². The smallest absolute Gasteiger partial charge is 0.353 e. The van der Waals surface area contributed by atoms with Crippen LogP contribution in [0.2, 0.25) is 10.0 Å². The molecule has 0 aliphatic carbocycles. The molecule has 5 N–H and O–H groups in total. The molecule has 4 unspecified atom stereocenters. The van der Waals surface area contributed by atoms with Crippen molar-refractivity contribution in [1.82, 2.24) is 16.0 Å². The Morgan fingerprint density at radius 1 is 1.00 bits per heavy atom. The predicted octanol–water partition coefficient (Wildman–Crippen LogP) is 3.14. The van der Waals surface area contributed by atoms with E-state index in [1.54, 1.807) is 0 Å². The van der Waals surface area contributed by atoms with Crippen molar-refractivity contribution in [3.63, 3.8) is 0 Å². The van der Waals surface area contributed by atoms with E-state index in [2.05, 4.69) is 26.6 Å². The van der Waals surface area contributed by atoms with Gasteiger partial charge < -0.3 is 21.3 Å². The maximum Gasteiger partial charge on any atom is 0.416 e. The second kappa shape index (κ2) is 9.32. The summed E-state index contributed by atoms with van der Waals surface area (Å²) < 4.78 is 38.9. The van der Waals surface area contributed by atoms with E-state index in [4.69, 9.17) is 23.2 Å². The van der Waals surface area contributed by atoms with Gasteiger partial charge in [0.15, 0.2) is 6.29 Å². The summed E-state index contributed by atoms with van der Waals surface area (Å²) in [4.78, 5) is 38.1. The fourth-order valence-corrected chi connectivity index (χ4v) is 4.21. The predicted molar refractivity (Wildman–Crippen MR) is 119 cm³/mol. The van der Waals surface area contributed by atoms with Gasteiger partial charge in [0.25, 0.3) is 0 Å². The van der Waals surface area contributed by atoms with Crippen LogP contribution in [-0.4, -0.2) is 30.2 Å². The Morgan fingerprint density at radius 3 is 2.47 bits per heavy atom. The van der Waals surface area contributed by atoms with Crippen molar-refractivity contribution in [3.8, 4) is 0 Å². The molecule has 2 saturated heterocycles. The molecule has 2 aliphatic rings. The number of fused-ring (bicyclic) bond motifs is 1. The Kier molecular flexibility index (Phi) is 6.61. The molecular weight excluding hydrogens is 498 g/mol. The minimum absolute atomic E-state index is 0.0992. The molecule has 0 aromatic heterocycles. The average Bonchev–Trinajstić information content (AvgIpc) is 2.75. The van der Waals surface area contributed by atoms with Crippen LogP contribution in [0.15, 0.2) is 42.5 Å². The highest BCUT2D eigenvalue weighted by molar-refractivity contribution is 6.42. The molecule has 13 heteroatoms. The van der Waals surface area contributed by atoms with E-state index >= 15 is 0 Å². The number of alkyl halides is 3. The van der Waals surface area contributed by atoms with E-state index in [1.165, 1.54) is 30.3 Å². The van der Waals surface area contributed by atoms with E-state index in [-0.39, 0.29) is 17.1 Å². The third-order valence-electron chi connectivity index (χ3n) is 5.47. The molecule has 2 aromatic carbocycles. The molecule has 0 bridgehead atoms. The van der Waals surface area contributed by atoms with Gasteiger partial charge in [-0.3, -0.25) is 19.7 Å². The minimum atomic E-state index is -4.53. The van der Waals surface area contributed by atoms with Crippen molar-refractivity contribution in [2.45, 2.75) is 25.1 Å². The van der Waals surface area contributed by atoms with E-state index < -0.39 is 53.8 Å². The van der Waals surface area contributed by atoms with Gasteiger partial charge in [-0.1, -0.05) is 29.3 Å². The number of hydrogen-bond acceptors (Lipinski definition) is 5. The number of benzene rings is 2. The zero-order chi connectivity index (χ0) is 24.6. The van der Waals surface area contributed by atoms with Crippen LogP contribution in [0.25, 0.3) is 0 Å². The summed E-state index contributed by atoms with van der Waals surface area (Å²) in [7, 11) is 0. The Balaban J connectivity index is 1.48. The van der Waals surface area contributed by atoms with E-state index in [1.807, 2.05) is 0 Å². The molecule has 4 atom stereocenters. The standard InChI is InChI=1S/C21H18Cl2F3N5O3/c22-13-5-4-11(7-14(13)23)27-18(33)12-8-15(32)29-17-16(12)19(34)31-20(30-17)28-10-3-1-2-9(6-10)21(24,25)26/h1-7,12,16-17,20,28,30H,8H2,(H,27,33)(H,29,32)(H,31,34). The molecule has 0 saturated carbocycles. The second-order valence-electron chi connectivity index (χ2n) is 7.83. The number of amides is 3. The Morgan fingerprint density at radius 2 is 1.76 bits per heavy atom. The highest BCUT2D eigenvalue weighted by Gasteiger charge is 2.48. The SMILES string of the molecule is O=C1CC(C(=O)Nc2ccc(Cl)c(Cl)c2)C2C(=O)NC(Nc3cccc(C(F)(F)F)c3)NC2N1. The molecule has 180 valence electrons. The van der Waals surface area contributed by atoms with Gasteiger partial charge in [-0.25, -0.2) is 0 Å². The fraction of sp³-hybridized carbons (Fsp3) is 0.286. The second-order valence-corrected chi connectivity index (χ2v) is 8.65. The summed E-state index contributed by atoms with van der Waals surface area (Å²) in [6.07, 6.45) is -6.68. The summed E-state index contributed by atoms with van der Waals surface area (Å²) in [5, 5.41) is 14.0. The molecule has 3 amide bonds. The number of halogens is 5. The lowest BCUT2D eigenvalue weighted by Crippen LogP contribution is -2.72. The number of carbonyl (C=O) groups excluding carboxylic acids is 3. The monoisotopic (exact) mass is 515 g/mol. The van der Waals surface area contributed by atoms with E-state index in [0.717, 1.165) is 12.1 Å². The topological polar surface area (TPSA) is 111 Å². The molecule has 0 radical (unpaired) electrons. The number of rotatable bonds is 4. The van der Waals surface area contributed by atoms with Crippen LogP contribution >= 0.6 is 23.2 Å². The van der Waals surface area contributed by atoms with Crippen LogP contribution < -0.4 is 26.6 Å². The number of piperidine rings is 1. The largest absolute Gasteiger partial charge is 0.416 e. The third kappa shape index (κ3) is 5.21. The molecule has 2 aromatic rings. The molecule has 2 fully saturated rings. The van der Waals surface area contributed by atoms with Crippen LogP contribution in [0.4, 0.5) is 24.5 Å². The van der Waals surface area contributed by atoms with Crippen LogP contribution in [0.3, 0.4) is 0 Å². The Hall–Kier alpha value is -3.02. The summed E-state index contributed by atoms with van der Waals surface area (Å²) in [5.74, 6) is -3.54. The lowest BCUT2D eigenvalue weighted by atomic mass is 9.81. The minimum Gasteiger partial charge on any atom is -0.353 e. The van der Waals surface area contributed by atoms with E-state index in [0.29, 0.717) is 10.7 Å². The van der Waals surface area contributed by atoms with Gasteiger partial charge in [-0.15, -0.1) is 0 Å². The van der Waals surface area contributed by atoms with Gasteiger partial charge in [0.05, 0.1) is 33.6 Å². The maximum atomic E-state index is 13.0. The van der Waals surface area contributed by atoms with Crippen LogP contribution in [0.1, 0.15) is 12.0 Å². The summed E-state index contributed by atoms with van der Waals surface area (Å²) in [6.45, 7) is 0. The first-order valence-corrected chi connectivity index (χ1v) is 10.8. The van der Waals surface area contributed by atoms with Crippen molar-refractivity contribution in [1.29, 1.82) is 0 Å². The van der Waals surface area contributed by atoms with Gasteiger partial charge in [-0.05, 0) is 36.4 Å². The first kappa shape index (κ1) is 24.1. The van der Waals surface area contributed by atoms with Gasteiger partial charge in [0, 0.05) is 17.8 Å². The molecule has 8 nitrogen and oxygen atoms in total. The Bertz CT molecular complexity index is 1150. The highest BCUT2D eigenvalue weighted by atomic mass is 35.5. The number of nitrogens with one attached hydrogen (secondary N) is 5. The van der Waals surface area contributed by atoms with Crippen molar-refractivity contribution in [2.75, 3.05) is 10.6 Å². The molecule has 34 heavy (non-hydrogen) atoms. The molecule has 4 rings (SSSR count). The maximum absolute atomic E-state index is 13.0. The van der Waals surface area contributed by atoms with Crippen molar-refractivity contribution in [2.24, 2.45) is 11.8 Å². The summed E-state index contributed by atoms with van der Waals surface area (Å²) in [6, 6.07) is 8.91. The zero-order valence-electron chi connectivity index (χ0n) is 17.2. The lowest BCUT2D eigenvalue weighted by Gasteiger charge is -2.43. The number of hydrogen-bond donors (Lipinski definition) is 5. The van der Waals surface area contributed by atoms with Gasteiger partial charge in [-0.2, -0.15) is 13.2 Å². The number of anilines is 2. The quantitative estimate of drug-likeness (QED) is 0.429. The number of carbonyl (C=O) groups is 3. The highest BCUT2D eigenvalue weighted by Crippen LogP contribution is 2.32. The summed E-state index contributed by atoms with van der Waals surface area (Å²) in [5.41, 5.74) is -0.417. The van der Waals surface area contributed by atoms with Gasteiger partial charge in [0.1, 0.15) is 0 Å². The first-order valence-electron chi connectivity index (χ1n) is 10.1. The third-order valence-corrected chi connectivity index (χ3v) is 6.21. The van der Waals surface area contributed by atoms with Gasteiger partial charge >= 0.3 is 6.18 Å².